The lowest BCUT2D eigenvalue weighted by atomic mass is 10.1. The molecule has 0 aliphatic heterocycles. The number of aryl methyl sites for hydroxylation is 2. The van der Waals surface area contributed by atoms with Gasteiger partial charge in [0.1, 0.15) is 5.82 Å². The van der Waals surface area contributed by atoms with Gasteiger partial charge in [0.2, 0.25) is 0 Å². The van der Waals surface area contributed by atoms with Crippen LogP contribution >= 0.6 is 0 Å². The van der Waals surface area contributed by atoms with Gasteiger partial charge < -0.3 is 5.32 Å². The molecule has 0 aliphatic rings. The molecule has 0 unspecified atom stereocenters. The van der Waals surface area contributed by atoms with Crippen molar-refractivity contribution < 1.29 is 17.6 Å². The highest BCUT2D eigenvalue weighted by atomic mass is 32.2. The lowest BCUT2D eigenvalue weighted by Gasteiger charge is -2.12. The Hall–Kier alpha value is -3.19. The van der Waals surface area contributed by atoms with Crippen LogP contribution in [0, 0.1) is 19.7 Å². The molecule has 5 nitrogen and oxygen atoms in total. The normalized spacial score (nSPS) is 11.1. The van der Waals surface area contributed by atoms with Crippen LogP contribution in [-0.4, -0.2) is 14.3 Å². The lowest BCUT2D eigenvalue weighted by molar-refractivity contribution is 0.0950. The van der Waals surface area contributed by atoms with E-state index in [1.54, 1.807) is 49.4 Å². The van der Waals surface area contributed by atoms with Gasteiger partial charge in [0.25, 0.3) is 15.9 Å². The van der Waals surface area contributed by atoms with E-state index < -0.39 is 15.9 Å². The van der Waals surface area contributed by atoms with E-state index in [2.05, 4.69) is 10.0 Å². The Labute approximate surface area is 169 Å². The van der Waals surface area contributed by atoms with Crippen molar-refractivity contribution in [2.45, 2.75) is 25.3 Å². The maximum atomic E-state index is 13.0. The van der Waals surface area contributed by atoms with Gasteiger partial charge in [-0.3, -0.25) is 9.52 Å². The van der Waals surface area contributed by atoms with Crippen molar-refractivity contribution in [3.63, 3.8) is 0 Å². The van der Waals surface area contributed by atoms with Crippen LogP contribution in [0.1, 0.15) is 27.0 Å². The van der Waals surface area contributed by atoms with Crippen LogP contribution in [0.4, 0.5) is 10.1 Å². The monoisotopic (exact) mass is 412 g/mol. The summed E-state index contributed by atoms with van der Waals surface area (Å²) in [5.41, 5.74) is 3.11. The quantitative estimate of drug-likeness (QED) is 0.638. The van der Waals surface area contributed by atoms with Crippen LogP contribution in [0.15, 0.2) is 71.6 Å². The van der Waals surface area contributed by atoms with Crippen molar-refractivity contribution >= 4 is 21.6 Å². The summed E-state index contributed by atoms with van der Waals surface area (Å²) >= 11 is 0. The minimum atomic E-state index is -3.84. The highest BCUT2D eigenvalue weighted by molar-refractivity contribution is 7.92. The maximum absolute atomic E-state index is 13.0. The van der Waals surface area contributed by atoms with Crippen molar-refractivity contribution in [1.29, 1.82) is 0 Å². The molecule has 0 bridgehead atoms. The molecule has 7 heteroatoms. The van der Waals surface area contributed by atoms with Gasteiger partial charge in [-0.2, -0.15) is 0 Å². The number of sulfonamides is 1. The molecule has 0 atom stereocenters. The molecule has 3 aromatic rings. The number of nitrogens with one attached hydrogen (secondary N) is 2. The molecular formula is C22H21FN2O3S. The van der Waals surface area contributed by atoms with Gasteiger partial charge in [0.05, 0.1) is 4.90 Å². The lowest BCUT2D eigenvalue weighted by Crippen LogP contribution is -2.24. The van der Waals surface area contributed by atoms with Crippen molar-refractivity contribution in [1.82, 2.24) is 5.32 Å². The molecule has 3 aromatic carbocycles. The second-order valence-electron chi connectivity index (χ2n) is 6.76. The van der Waals surface area contributed by atoms with Crippen molar-refractivity contribution in [2.75, 3.05) is 4.72 Å². The van der Waals surface area contributed by atoms with Gasteiger partial charge in [0.15, 0.2) is 0 Å². The van der Waals surface area contributed by atoms with Crippen molar-refractivity contribution in [2.24, 2.45) is 0 Å². The van der Waals surface area contributed by atoms with Gasteiger partial charge in [-0.25, -0.2) is 12.8 Å². The number of carbonyl (C=O) groups is 1. The third-order valence-corrected chi connectivity index (χ3v) is 5.81. The molecule has 0 aromatic heterocycles. The number of anilines is 1. The minimum Gasteiger partial charge on any atom is -0.348 e. The first kappa shape index (κ1) is 20.5. The van der Waals surface area contributed by atoms with Gasteiger partial charge in [-0.15, -0.1) is 0 Å². The Morgan fingerprint density at radius 1 is 0.931 bits per heavy atom. The molecule has 2 N–H and O–H groups in total. The molecule has 0 spiro atoms. The van der Waals surface area contributed by atoms with Gasteiger partial charge in [-0.1, -0.05) is 35.9 Å². The van der Waals surface area contributed by atoms with Crippen LogP contribution in [0.3, 0.4) is 0 Å². The average Bonchev–Trinajstić information content (AvgIpc) is 2.69. The zero-order chi connectivity index (χ0) is 21.0. The number of amides is 1. The Morgan fingerprint density at radius 3 is 2.24 bits per heavy atom. The number of hydrogen-bond acceptors (Lipinski definition) is 3. The van der Waals surface area contributed by atoms with E-state index in [4.69, 9.17) is 0 Å². The third kappa shape index (κ3) is 5.20. The largest absolute Gasteiger partial charge is 0.348 e. The van der Waals surface area contributed by atoms with E-state index in [1.165, 1.54) is 24.3 Å². The zero-order valence-electron chi connectivity index (χ0n) is 16.1. The second-order valence-corrected chi connectivity index (χ2v) is 8.44. The second kappa shape index (κ2) is 8.45. The number of rotatable bonds is 6. The summed E-state index contributed by atoms with van der Waals surface area (Å²) in [6, 6.07) is 17.2. The fourth-order valence-electron chi connectivity index (χ4n) is 2.73. The molecule has 0 saturated heterocycles. The summed E-state index contributed by atoms with van der Waals surface area (Å²) < 4.78 is 40.9. The SMILES string of the molecule is Cc1ccc(NS(=O)(=O)c2ccc(C)c(C(=O)NCc3ccc(F)cc3)c2)cc1. The Kier molecular flexibility index (Phi) is 5.98. The summed E-state index contributed by atoms with van der Waals surface area (Å²) in [5.74, 6) is -0.755. The van der Waals surface area contributed by atoms with E-state index in [0.717, 1.165) is 11.1 Å². The van der Waals surface area contributed by atoms with Gasteiger partial charge in [0, 0.05) is 17.8 Å². The smallest absolute Gasteiger partial charge is 0.261 e. The fraction of sp³-hybridized carbons (Fsp3) is 0.136. The molecule has 3 rings (SSSR count). The predicted molar refractivity (Wildman–Crippen MR) is 111 cm³/mol. The topological polar surface area (TPSA) is 75.3 Å². The minimum absolute atomic E-state index is 0.00407. The molecule has 0 aliphatic carbocycles. The van der Waals surface area contributed by atoms with E-state index in [0.29, 0.717) is 11.3 Å². The summed E-state index contributed by atoms with van der Waals surface area (Å²) in [7, 11) is -3.84. The first-order chi connectivity index (χ1) is 13.7. The van der Waals surface area contributed by atoms with E-state index in [9.17, 15) is 17.6 Å². The molecule has 150 valence electrons. The number of halogens is 1. The summed E-state index contributed by atoms with van der Waals surface area (Å²) in [6.45, 7) is 3.85. The average molecular weight is 412 g/mol. The molecule has 29 heavy (non-hydrogen) atoms. The summed E-state index contributed by atoms with van der Waals surface area (Å²) in [6.07, 6.45) is 0. The highest BCUT2D eigenvalue weighted by Crippen LogP contribution is 2.20. The molecule has 0 heterocycles. The Balaban J connectivity index is 1.78. The fourth-order valence-corrected chi connectivity index (χ4v) is 3.81. The Bertz CT molecular complexity index is 1130. The standard InChI is InChI=1S/C22H21FN2O3S/c1-15-3-10-19(11-4-15)25-29(27,28)20-12-5-16(2)21(13-20)22(26)24-14-17-6-8-18(23)9-7-17/h3-13,25H,14H2,1-2H3,(H,24,26). The van der Waals surface area contributed by atoms with Crippen LogP contribution in [0.25, 0.3) is 0 Å². The van der Waals surface area contributed by atoms with Crippen LogP contribution in [-0.2, 0) is 16.6 Å². The predicted octanol–water partition coefficient (Wildman–Crippen LogP) is 4.17. The highest BCUT2D eigenvalue weighted by Gasteiger charge is 2.18. The van der Waals surface area contributed by atoms with Crippen LogP contribution in [0.5, 0.6) is 0 Å². The van der Waals surface area contributed by atoms with Crippen molar-refractivity contribution in [3.8, 4) is 0 Å². The molecule has 0 fully saturated rings. The Morgan fingerprint density at radius 2 is 1.59 bits per heavy atom. The first-order valence-electron chi connectivity index (χ1n) is 8.97. The van der Waals surface area contributed by atoms with Gasteiger partial charge >= 0.3 is 0 Å². The molecule has 0 saturated carbocycles. The van der Waals surface area contributed by atoms with E-state index in [1.807, 2.05) is 6.92 Å². The van der Waals surface area contributed by atoms with E-state index in [-0.39, 0.29) is 22.8 Å². The van der Waals surface area contributed by atoms with Crippen LogP contribution in [0.2, 0.25) is 0 Å². The van der Waals surface area contributed by atoms with Crippen molar-refractivity contribution in [3.05, 3.63) is 94.8 Å². The number of hydrogen-bond donors (Lipinski definition) is 2. The number of carbonyl (C=O) groups excluding carboxylic acids is 1. The first-order valence-corrected chi connectivity index (χ1v) is 10.5. The van der Waals surface area contributed by atoms with E-state index >= 15 is 0 Å². The molecule has 1 amide bonds. The summed E-state index contributed by atoms with van der Waals surface area (Å²) in [5, 5.41) is 2.73. The third-order valence-electron chi connectivity index (χ3n) is 4.43. The summed E-state index contributed by atoms with van der Waals surface area (Å²) in [4.78, 5) is 12.6. The zero-order valence-corrected chi connectivity index (χ0v) is 16.9. The molecular weight excluding hydrogens is 391 g/mol. The number of benzene rings is 3. The van der Waals surface area contributed by atoms with Gasteiger partial charge in [-0.05, 0) is 61.4 Å². The maximum Gasteiger partial charge on any atom is 0.261 e. The molecule has 0 radical (unpaired) electrons. The van der Waals surface area contributed by atoms with Crippen LogP contribution < -0.4 is 10.0 Å².